The first-order chi connectivity index (χ1) is 20.0. The Bertz CT molecular complexity index is 1400. The second kappa shape index (κ2) is 13.1. The van der Waals surface area contributed by atoms with Crippen LogP contribution in [-0.4, -0.2) is 47.8 Å². The fraction of sp³-hybridized carbons (Fsp3) is 0.345. The monoisotopic (exact) mass is 622 g/mol. The maximum atomic E-state index is 15.0. The van der Waals surface area contributed by atoms with E-state index in [-0.39, 0.29) is 6.54 Å². The summed E-state index contributed by atoms with van der Waals surface area (Å²) in [5, 5.41) is 12.0. The molecule has 0 saturated carbocycles. The number of nitrogens with zero attached hydrogens (tertiary/aromatic N) is 1. The molecule has 0 radical (unpaired) electrons. The van der Waals surface area contributed by atoms with Gasteiger partial charge in [-0.3, -0.25) is 0 Å². The summed E-state index contributed by atoms with van der Waals surface area (Å²) in [7, 11) is 0. The Morgan fingerprint density at radius 3 is 2.14 bits per heavy atom. The molecule has 0 aromatic heterocycles. The van der Waals surface area contributed by atoms with Crippen LogP contribution in [0.4, 0.5) is 44.3 Å². The topological polar surface area (TPSA) is 61.8 Å². The average molecular weight is 623 g/mol. The van der Waals surface area contributed by atoms with Gasteiger partial charge < -0.3 is 20.1 Å². The van der Waals surface area contributed by atoms with Gasteiger partial charge in [-0.2, -0.15) is 30.7 Å². The summed E-state index contributed by atoms with van der Waals surface area (Å²) in [5.74, 6) is -4.11. The minimum Gasteiger partial charge on any atom is -0.428 e. The van der Waals surface area contributed by atoms with E-state index >= 15 is 0 Å². The molecule has 3 aromatic carbocycles. The van der Waals surface area contributed by atoms with Crippen LogP contribution in [-0.2, 0) is 18.1 Å². The molecule has 0 spiro atoms. The predicted octanol–water partition coefficient (Wildman–Crippen LogP) is 7.12. The molecule has 0 aliphatic carbocycles. The van der Waals surface area contributed by atoms with Gasteiger partial charge in [-0.05, 0) is 54.8 Å². The summed E-state index contributed by atoms with van der Waals surface area (Å²) in [4.78, 5) is 14.7. The molecule has 0 fully saturated rings. The van der Waals surface area contributed by atoms with Crippen LogP contribution in [0.15, 0.2) is 66.7 Å². The standard InChI is InChI=1S/C29H27F9N2O3/c1-17(2)40(10-11-41)26(42)39-27(16-18-6-4-3-5-7-18,19-8-9-24(31)23(14-19)28(34,35)36)20-12-21(30)15-22(13-20)43-29(37,38)25(32)33/h3-9,12-15,17,25,41H,10-11,16H2,1-2H3,(H,39,42). The Kier molecular flexibility index (Phi) is 10.3. The van der Waals surface area contributed by atoms with Crippen molar-refractivity contribution < 1.29 is 54.2 Å². The van der Waals surface area contributed by atoms with E-state index in [0.717, 1.165) is 11.0 Å². The molecule has 14 heteroatoms. The zero-order valence-corrected chi connectivity index (χ0v) is 22.7. The number of amides is 2. The highest BCUT2D eigenvalue weighted by molar-refractivity contribution is 5.77. The van der Waals surface area contributed by atoms with Crippen molar-refractivity contribution in [3.05, 3.63) is 101 Å². The number of halogens is 9. The lowest BCUT2D eigenvalue weighted by Crippen LogP contribution is -2.55. The number of ether oxygens (including phenoxy) is 1. The SMILES string of the molecule is CC(C)N(CCO)C(=O)NC(Cc1ccccc1)(c1cc(F)cc(OC(F)(F)C(F)F)c1)c1ccc(F)c(C(F)(F)F)c1. The number of aliphatic hydroxyl groups excluding tert-OH is 1. The van der Waals surface area contributed by atoms with Crippen LogP contribution < -0.4 is 10.1 Å². The molecule has 5 nitrogen and oxygen atoms in total. The summed E-state index contributed by atoms with van der Waals surface area (Å²) in [6.07, 6.45) is -15.1. The fourth-order valence-corrected chi connectivity index (χ4v) is 4.50. The number of carbonyl (C=O) groups is 1. The van der Waals surface area contributed by atoms with Crippen LogP contribution in [0.3, 0.4) is 0 Å². The molecule has 0 aliphatic rings. The first-order valence-corrected chi connectivity index (χ1v) is 12.8. The number of aliphatic hydroxyl groups is 1. The van der Waals surface area contributed by atoms with E-state index in [1.165, 1.54) is 12.1 Å². The number of benzene rings is 3. The third kappa shape index (κ3) is 7.92. The number of hydrogen-bond acceptors (Lipinski definition) is 3. The van der Waals surface area contributed by atoms with Crippen molar-refractivity contribution >= 4 is 6.03 Å². The fourth-order valence-electron chi connectivity index (χ4n) is 4.50. The van der Waals surface area contributed by atoms with E-state index in [1.54, 1.807) is 32.0 Å². The minimum atomic E-state index is -5.22. The van der Waals surface area contributed by atoms with E-state index in [9.17, 15) is 49.4 Å². The highest BCUT2D eigenvalue weighted by Gasteiger charge is 2.45. The van der Waals surface area contributed by atoms with Gasteiger partial charge in [-0.25, -0.2) is 13.6 Å². The van der Waals surface area contributed by atoms with Crippen LogP contribution >= 0.6 is 0 Å². The lowest BCUT2D eigenvalue weighted by Gasteiger charge is -2.39. The number of nitrogens with one attached hydrogen (secondary N) is 1. The van der Waals surface area contributed by atoms with Crippen molar-refractivity contribution in [3.8, 4) is 5.75 Å². The summed E-state index contributed by atoms with van der Waals surface area (Å²) in [6.45, 7) is 2.36. The molecule has 2 N–H and O–H groups in total. The van der Waals surface area contributed by atoms with E-state index in [0.29, 0.717) is 35.9 Å². The van der Waals surface area contributed by atoms with Gasteiger partial charge in [-0.15, -0.1) is 0 Å². The molecule has 0 heterocycles. The third-order valence-corrected chi connectivity index (χ3v) is 6.49. The molecular formula is C29H27F9N2O3. The smallest absolute Gasteiger partial charge is 0.428 e. The molecule has 0 saturated heterocycles. The Labute approximate surface area is 240 Å². The summed E-state index contributed by atoms with van der Waals surface area (Å²) >= 11 is 0. The number of carbonyl (C=O) groups excluding carboxylic acids is 1. The van der Waals surface area contributed by atoms with Crippen molar-refractivity contribution in [2.24, 2.45) is 0 Å². The van der Waals surface area contributed by atoms with Gasteiger partial charge in [0.1, 0.15) is 17.4 Å². The normalized spacial score (nSPS) is 13.6. The summed E-state index contributed by atoms with van der Waals surface area (Å²) < 4.78 is 128. The van der Waals surface area contributed by atoms with E-state index < -0.39 is 83.4 Å². The van der Waals surface area contributed by atoms with Crippen LogP contribution in [0.1, 0.15) is 36.1 Å². The van der Waals surface area contributed by atoms with Gasteiger partial charge >= 0.3 is 24.7 Å². The largest absolute Gasteiger partial charge is 0.461 e. The van der Waals surface area contributed by atoms with Crippen LogP contribution in [0.2, 0.25) is 0 Å². The van der Waals surface area contributed by atoms with Gasteiger partial charge in [-0.1, -0.05) is 36.4 Å². The average Bonchev–Trinajstić information content (AvgIpc) is 2.90. The van der Waals surface area contributed by atoms with Gasteiger partial charge in [0.2, 0.25) is 0 Å². The number of hydrogen-bond donors (Lipinski definition) is 2. The molecule has 1 atom stereocenters. The maximum absolute atomic E-state index is 15.0. The minimum absolute atomic E-state index is 0.250. The highest BCUT2D eigenvalue weighted by atomic mass is 19.4. The Morgan fingerprint density at radius 1 is 0.930 bits per heavy atom. The molecule has 3 rings (SSSR count). The van der Waals surface area contributed by atoms with Crippen molar-refractivity contribution in [1.82, 2.24) is 10.2 Å². The molecule has 234 valence electrons. The number of urea groups is 1. The van der Waals surface area contributed by atoms with Crippen molar-refractivity contribution in [3.63, 3.8) is 0 Å². The number of rotatable bonds is 11. The first-order valence-electron chi connectivity index (χ1n) is 12.8. The zero-order chi connectivity index (χ0) is 32.2. The second-order valence-electron chi connectivity index (χ2n) is 9.84. The molecule has 1 unspecified atom stereocenters. The molecule has 0 bridgehead atoms. The lowest BCUT2D eigenvalue weighted by atomic mass is 9.77. The van der Waals surface area contributed by atoms with Crippen molar-refractivity contribution in [1.29, 1.82) is 0 Å². The maximum Gasteiger partial charge on any atom is 0.461 e. The molecule has 43 heavy (non-hydrogen) atoms. The van der Waals surface area contributed by atoms with Crippen molar-refractivity contribution in [2.45, 2.75) is 50.6 Å². The predicted molar refractivity (Wildman–Crippen MR) is 138 cm³/mol. The lowest BCUT2D eigenvalue weighted by molar-refractivity contribution is -0.253. The van der Waals surface area contributed by atoms with Crippen LogP contribution in [0.5, 0.6) is 5.75 Å². The van der Waals surface area contributed by atoms with Gasteiger partial charge in [0.15, 0.2) is 0 Å². The van der Waals surface area contributed by atoms with Gasteiger partial charge in [0, 0.05) is 25.1 Å². The van der Waals surface area contributed by atoms with E-state index in [2.05, 4.69) is 10.1 Å². The van der Waals surface area contributed by atoms with Crippen molar-refractivity contribution in [2.75, 3.05) is 13.2 Å². The van der Waals surface area contributed by atoms with Gasteiger partial charge in [0.25, 0.3) is 0 Å². The molecule has 0 aliphatic heterocycles. The molecule has 2 amide bonds. The summed E-state index contributed by atoms with van der Waals surface area (Å²) in [6, 6.07) is 9.59. The Hall–Kier alpha value is -3.94. The second-order valence-corrected chi connectivity index (χ2v) is 9.84. The Morgan fingerprint density at radius 2 is 1.58 bits per heavy atom. The molecule has 3 aromatic rings. The molecular weight excluding hydrogens is 595 g/mol. The summed E-state index contributed by atoms with van der Waals surface area (Å²) in [5.41, 5.74) is -4.62. The van der Waals surface area contributed by atoms with Gasteiger partial charge in [0.05, 0.1) is 17.7 Å². The quantitative estimate of drug-likeness (QED) is 0.224. The van der Waals surface area contributed by atoms with E-state index in [4.69, 9.17) is 0 Å². The van der Waals surface area contributed by atoms with E-state index in [1.807, 2.05) is 0 Å². The Balaban J connectivity index is 2.40. The highest BCUT2D eigenvalue weighted by Crippen LogP contribution is 2.41. The van der Waals surface area contributed by atoms with Crippen LogP contribution in [0, 0.1) is 11.6 Å². The first kappa shape index (κ1) is 33.6. The third-order valence-electron chi connectivity index (χ3n) is 6.49. The van der Waals surface area contributed by atoms with Crippen LogP contribution in [0.25, 0.3) is 0 Å². The number of alkyl halides is 7. The zero-order valence-electron chi connectivity index (χ0n) is 22.7.